The second-order valence-electron chi connectivity index (χ2n) is 6.26. The van der Waals surface area contributed by atoms with E-state index in [0.717, 1.165) is 11.3 Å². The number of carbonyl (C=O) groups is 1. The first kappa shape index (κ1) is 20.5. The Hall–Kier alpha value is -2.81. The summed E-state index contributed by atoms with van der Waals surface area (Å²) in [5, 5.41) is 6.51. The molecule has 4 rings (SSSR count). The van der Waals surface area contributed by atoms with Crippen molar-refractivity contribution < 1.29 is 13.9 Å². The molecule has 0 aliphatic rings. The average molecular weight is 460 g/mol. The number of carbonyl (C=O) groups excluding carboxylic acids is 1. The van der Waals surface area contributed by atoms with Gasteiger partial charge < -0.3 is 4.74 Å². The molecule has 9 heteroatoms. The standard InChI is InChI=1S/C21H15ClFN3O2S2/c1-12-19(30-18(24-12)10-28-16-8-6-15(23)7-9-16)20(27)26-21-25-17(11-29-21)13-2-4-14(22)5-3-13/h2-9,11H,10H2,1H3,(H,25,26,27). The molecule has 152 valence electrons. The monoisotopic (exact) mass is 459 g/mol. The molecular weight excluding hydrogens is 445 g/mol. The summed E-state index contributed by atoms with van der Waals surface area (Å²) in [6.45, 7) is 1.97. The maximum Gasteiger partial charge on any atom is 0.269 e. The predicted octanol–water partition coefficient (Wildman–Crippen LogP) is 6.20. The van der Waals surface area contributed by atoms with Crippen LogP contribution in [0, 0.1) is 12.7 Å². The van der Waals surface area contributed by atoms with Crippen molar-refractivity contribution >= 4 is 45.3 Å². The summed E-state index contributed by atoms with van der Waals surface area (Å²) in [6.07, 6.45) is 0. The third-order valence-corrected chi connectivity index (χ3v) is 6.23. The van der Waals surface area contributed by atoms with Crippen LogP contribution >= 0.6 is 34.3 Å². The second-order valence-corrected chi connectivity index (χ2v) is 8.64. The van der Waals surface area contributed by atoms with E-state index in [0.29, 0.717) is 31.5 Å². The Morgan fingerprint density at radius 1 is 1.13 bits per heavy atom. The number of nitrogens with one attached hydrogen (secondary N) is 1. The average Bonchev–Trinajstić information content (AvgIpc) is 3.34. The van der Waals surface area contributed by atoms with Gasteiger partial charge in [-0.1, -0.05) is 23.7 Å². The van der Waals surface area contributed by atoms with Crippen LogP contribution < -0.4 is 10.1 Å². The van der Waals surface area contributed by atoms with E-state index in [-0.39, 0.29) is 18.3 Å². The van der Waals surface area contributed by atoms with Crippen LogP contribution in [0.15, 0.2) is 53.9 Å². The van der Waals surface area contributed by atoms with E-state index >= 15 is 0 Å². The molecule has 0 unspecified atom stereocenters. The molecule has 0 fully saturated rings. The highest BCUT2D eigenvalue weighted by Gasteiger charge is 2.17. The number of aryl methyl sites for hydroxylation is 1. The summed E-state index contributed by atoms with van der Waals surface area (Å²) < 4.78 is 18.6. The molecule has 1 N–H and O–H groups in total. The summed E-state index contributed by atoms with van der Waals surface area (Å²) in [5.41, 5.74) is 2.30. The van der Waals surface area contributed by atoms with Gasteiger partial charge in [-0.3, -0.25) is 10.1 Å². The SMILES string of the molecule is Cc1nc(COc2ccc(F)cc2)sc1C(=O)Nc1nc(-c2ccc(Cl)cc2)cs1. The Morgan fingerprint density at radius 2 is 1.87 bits per heavy atom. The molecule has 0 radical (unpaired) electrons. The Bertz CT molecular complexity index is 1170. The van der Waals surface area contributed by atoms with Crippen LogP contribution in [0.1, 0.15) is 20.4 Å². The molecule has 2 aromatic heterocycles. The van der Waals surface area contributed by atoms with Crippen molar-refractivity contribution in [2.75, 3.05) is 5.32 Å². The molecule has 1 amide bonds. The molecular formula is C21H15ClFN3O2S2. The molecule has 4 aromatic rings. The number of hydrogen-bond acceptors (Lipinski definition) is 6. The van der Waals surface area contributed by atoms with Gasteiger partial charge in [0.05, 0.1) is 11.4 Å². The minimum absolute atomic E-state index is 0.197. The molecule has 2 heterocycles. The van der Waals surface area contributed by atoms with Crippen molar-refractivity contribution in [2.24, 2.45) is 0 Å². The minimum Gasteiger partial charge on any atom is -0.486 e. The number of nitrogens with zero attached hydrogens (tertiary/aromatic N) is 2. The molecule has 0 aliphatic heterocycles. The van der Waals surface area contributed by atoms with Crippen molar-refractivity contribution in [2.45, 2.75) is 13.5 Å². The van der Waals surface area contributed by atoms with Gasteiger partial charge in [-0.15, -0.1) is 22.7 Å². The summed E-state index contributed by atoms with van der Waals surface area (Å²) in [7, 11) is 0. The fourth-order valence-corrected chi connectivity index (χ4v) is 4.35. The first-order chi connectivity index (χ1) is 14.5. The first-order valence-corrected chi connectivity index (χ1v) is 10.9. The van der Waals surface area contributed by atoms with Gasteiger partial charge >= 0.3 is 0 Å². The van der Waals surface area contributed by atoms with E-state index in [1.54, 1.807) is 31.2 Å². The fourth-order valence-electron chi connectivity index (χ4n) is 2.64. The lowest BCUT2D eigenvalue weighted by Gasteiger charge is -2.03. The van der Waals surface area contributed by atoms with Gasteiger partial charge in [0, 0.05) is 16.0 Å². The summed E-state index contributed by atoms with van der Waals surface area (Å²) in [5.74, 6) is -0.0596. The maximum atomic E-state index is 13.0. The summed E-state index contributed by atoms with van der Waals surface area (Å²) in [6, 6.07) is 13.1. The number of anilines is 1. The third-order valence-electron chi connectivity index (χ3n) is 4.09. The number of thiazole rings is 2. The quantitative estimate of drug-likeness (QED) is 0.373. The zero-order chi connectivity index (χ0) is 21.1. The zero-order valence-corrected chi connectivity index (χ0v) is 18.1. The summed E-state index contributed by atoms with van der Waals surface area (Å²) >= 11 is 8.52. The van der Waals surface area contributed by atoms with Crippen LogP contribution in [0.3, 0.4) is 0 Å². The largest absolute Gasteiger partial charge is 0.486 e. The van der Waals surface area contributed by atoms with E-state index < -0.39 is 0 Å². The fraction of sp³-hybridized carbons (Fsp3) is 0.0952. The van der Waals surface area contributed by atoms with Crippen molar-refractivity contribution in [1.82, 2.24) is 9.97 Å². The molecule has 5 nitrogen and oxygen atoms in total. The number of halogens is 2. The number of benzene rings is 2. The Kier molecular flexibility index (Phi) is 6.08. The highest BCUT2D eigenvalue weighted by molar-refractivity contribution is 7.15. The van der Waals surface area contributed by atoms with E-state index in [4.69, 9.17) is 16.3 Å². The van der Waals surface area contributed by atoms with E-state index in [9.17, 15) is 9.18 Å². The molecule has 0 aliphatic carbocycles. The van der Waals surface area contributed by atoms with E-state index in [2.05, 4.69) is 15.3 Å². The van der Waals surface area contributed by atoms with Crippen molar-refractivity contribution in [3.63, 3.8) is 0 Å². The lowest BCUT2D eigenvalue weighted by molar-refractivity contribution is 0.103. The smallest absolute Gasteiger partial charge is 0.269 e. The van der Waals surface area contributed by atoms with E-state index in [1.807, 2.05) is 17.5 Å². The van der Waals surface area contributed by atoms with Gasteiger partial charge in [-0.05, 0) is 43.3 Å². The molecule has 0 bridgehead atoms. The van der Waals surface area contributed by atoms with Crippen LogP contribution in [0.2, 0.25) is 5.02 Å². The van der Waals surface area contributed by atoms with Crippen LogP contribution in [0.4, 0.5) is 9.52 Å². The lowest BCUT2D eigenvalue weighted by Crippen LogP contribution is -2.11. The Balaban J connectivity index is 1.41. The van der Waals surface area contributed by atoms with Gasteiger partial charge in [0.15, 0.2) is 5.13 Å². The normalized spacial score (nSPS) is 10.8. The molecule has 2 aromatic carbocycles. The van der Waals surface area contributed by atoms with Gasteiger partial charge in [0.1, 0.15) is 28.1 Å². The van der Waals surface area contributed by atoms with Crippen LogP contribution in [-0.2, 0) is 6.61 Å². The number of hydrogen-bond donors (Lipinski definition) is 1. The molecule has 0 atom stereocenters. The molecule has 0 spiro atoms. The third kappa shape index (κ3) is 4.84. The number of ether oxygens (including phenoxy) is 1. The van der Waals surface area contributed by atoms with Crippen molar-refractivity contribution in [3.8, 4) is 17.0 Å². The van der Waals surface area contributed by atoms with Crippen molar-refractivity contribution in [1.29, 1.82) is 0 Å². The topological polar surface area (TPSA) is 64.1 Å². The first-order valence-electron chi connectivity index (χ1n) is 8.85. The highest BCUT2D eigenvalue weighted by atomic mass is 35.5. The highest BCUT2D eigenvalue weighted by Crippen LogP contribution is 2.27. The van der Waals surface area contributed by atoms with Gasteiger partial charge in [0.25, 0.3) is 5.91 Å². The lowest BCUT2D eigenvalue weighted by atomic mass is 10.2. The van der Waals surface area contributed by atoms with Crippen LogP contribution in [-0.4, -0.2) is 15.9 Å². The van der Waals surface area contributed by atoms with Gasteiger partial charge in [-0.2, -0.15) is 0 Å². The predicted molar refractivity (Wildman–Crippen MR) is 118 cm³/mol. The van der Waals surface area contributed by atoms with E-state index in [1.165, 1.54) is 34.8 Å². The van der Waals surface area contributed by atoms with Crippen LogP contribution in [0.5, 0.6) is 5.75 Å². The van der Waals surface area contributed by atoms with Crippen LogP contribution in [0.25, 0.3) is 11.3 Å². The van der Waals surface area contributed by atoms with Crippen molar-refractivity contribution in [3.05, 3.63) is 80.3 Å². The van der Waals surface area contributed by atoms with Gasteiger partial charge in [0.2, 0.25) is 0 Å². The zero-order valence-electron chi connectivity index (χ0n) is 15.7. The molecule has 0 saturated heterocycles. The maximum absolute atomic E-state index is 13.0. The second kappa shape index (κ2) is 8.91. The summed E-state index contributed by atoms with van der Waals surface area (Å²) in [4.78, 5) is 22.0. The Morgan fingerprint density at radius 3 is 2.60 bits per heavy atom. The minimum atomic E-state index is -0.326. The number of rotatable bonds is 6. The Labute approximate surface area is 185 Å². The number of amides is 1. The van der Waals surface area contributed by atoms with Gasteiger partial charge in [-0.25, -0.2) is 14.4 Å². The molecule has 0 saturated carbocycles. The molecule has 30 heavy (non-hydrogen) atoms. The number of aromatic nitrogens is 2.